The first-order valence-electron chi connectivity index (χ1n) is 6.10. The summed E-state index contributed by atoms with van der Waals surface area (Å²) in [6.07, 6.45) is 5.67. The van der Waals surface area contributed by atoms with E-state index in [4.69, 9.17) is 15.4 Å². The molecule has 0 bridgehead atoms. The Labute approximate surface area is 121 Å². The maximum atomic E-state index is 8.32. The molecule has 0 unspecified atom stereocenters. The van der Waals surface area contributed by atoms with Crippen LogP contribution in [0.2, 0.25) is 0 Å². The predicted octanol–water partition coefficient (Wildman–Crippen LogP) is 2.85. The molecule has 0 aromatic rings. The maximum Gasteiger partial charge on any atom is 0.0483 e. The van der Waals surface area contributed by atoms with Gasteiger partial charge in [-0.2, -0.15) is 0 Å². The van der Waals surface area contributed by atoms with Crippen LogP contribution in [0.15, 0.2) is 0 Å². The molecule has 0 aromatic carbocycles. The minimum atomic E-state index is -0.167. The van der Waals surface area contributed by atoms with Crippen LogP contribution < -0.4 is 0 Å². The Morgan fingerprint density at radius 2 is 1.18 bits per heavy atom. The molecule has 0 amide bonds. The summed E-state index contributed by atoms with van der Waals surface area (Å²) in [7, 11) is 0. The third kappa shape index (κ3) is 31.5. The number of hydrogen-bond acceptors (Lipinski definition) is 3. The molecule has 3 N–H and O–H groups in total. The number of aliphatic hydroxyl groups is 2. The average Bonchev–Trinajstić information content (AvgIpc) is 2.17. The molecule has 1 fully saturated rings. The second-order valence-electron chi connectivity index (χ2n) is 4.59. The molecule has 0 atom stereocenters. The Balaban J connectivity index is -0.000000189. The summed E-state index contributed by atoms with van der Waals surface area (Å²) in [5.74, 6) is 0. The molecule has 1 rings (SSSR count). The molecule has 104 valence electrons. The first-order chi connectivity index (χ1) is 7.40. The Bertz CT molecular complexity index is 117. The van der Waals surface area contributed by atoms with Gasteiger partial charge < -0.3 is 20.9 Å². The van der Waals surface area contributed by atoms with Gasteiger partial charge in [-0.3, -0.25) is 0 Å². The van der Waals surface area contributed by atoms with E-state index in [0.717, 1.165) is 12.8 Å². The average molecular weight is 282 g/mol. The second-order valence-corrected chi connectivity index (χ2v) is 4.59. The van der Waals surface area contributed by atoms with Gasteiger partial charge in [-0.25, -0.2) is 0 Å². The van der Waals surface area contributed by atoms with E-state index < -0.39 is 0 Å². The van der Waals surface area contributed by atoms with Crippen molar-refractivity contribution in [3.63, 3.8) is 0 Å². The SMILES string of the molecule is CC(C)O.CC(C)O.O[N-]C1CCCCC1.[Ti]. The van der Waals surface area contributed by atoms with Crippen molar-refractivity contribution in [3.05, 3.63) is 5.48 Å². The zero-order valence-electron chi connectivity index (χ0n) is 11.6. The first kappa shape index (κ1) is 22.7. The predicted molar refractivity (Wildman–Crippen MR) is 66.7 cm³/mol. The van der Waals surface area contributed by atoms with Crippen LogP contribution in [0.25, 0.3) is 5.48 Å². The smallest absolute Gasteiger partial charge is 0.0483 e. The van der Waals surface area contributed by atoms with Crippen LogP contribution in [-0.4, -0.2) is 33.7 Å². The van der Waals surface area contributed by atoms with Crippen molar-refractivity contribution in [1.82, 2.24) is 0 Å². The van der Waals surface area contributed by atoms with E-state index in [0.29, 0.717) is 0 Å². The van der Waals surface area contributed by atoms with Crippen molar-refractivity contribution < 1.29 is 37.1 Å². The molecule has 5 heteroatoms. The monoisotopic (exact) mass is 282 g/mol. The largest absolute Gasteiger partial charge is 0.535 e. The van der Waals surface area contributed by atoms with Gasteiger partial charge in [0.25, 0.3) is 0 Å². The summed E-state index contributed by atoms with van der Waals surface area (Å²) < 4.78 is 0. The van der Waals surface area contributed by atoms with Gasteiger partial charge in [-0.1, -0.05) is 32.1 Å². The van der Waals surface area contributed by atoms with E-state index in [1.165, 1.54) is 19.3 Å². The van der Waals surface area contributed by atoms with Gasteiger partial charge in [-0.15, -0.1) is 6.04 Å². The van der Waals surface area contributed by atoms with E-state index in [1.54, 1.807) is 27.7 Å². The minimum Gasteiger partial charge on any atom is -0.535 e. The van der Waals surface area contributed by atoms with E-state index in [9.17, 15) is 0 Å². The fraction of sp³-hybridized carbons (Fsp3) is 1.00. The summed E-state index contributed by atoms with van der Waals surface area (Å²) in [6.45, 7) is 6.89. The third-order valence-corrected chi connectivity index (χ3v) is 1.74. The van der Waals surface area contributed by atoms with Crippen LogP contribution in [-0.2, 0) is 21.7 Å². The molecular weight excluding hydrogens is 254 g/mol. The number of nitrogens with zero attached hydrogens (tertiary/aromatic N) is 1. The number of rotatable bonds is 1. The first-order valence-corrected chi connectivity index (χ1v) is 6.10. The van der Waals surface area contributed by atoms with Crippen molar-refractivity contribution >= 4 is 0 Å². The van der Waals surface area contributed by atoms with Gasteiger partial charge in [0.05, 0.1) is 0 Å². The number of aliphatic hydroxyl groups excluding tert-OH is 2. The standard InChI is InChI=1S/C6H12NO.2C3H8O.Ti/c8-7-6-4-2-1-3-5-6;2*1-3(2)4;/h6,8H,1-5H2;2*3-4H,1-2H3;/q-1;;;. The van der Waals surface area contributed by atoms with Crippen molar-refractivity contribution in [2.75, 3.05) is 0 Å². The molecule has 0 radical (unpaired) electrons. The van der Waals surface area contributed by atoms with E-state index in [-0.39, 0.29) is 40.0 Å². The minimum absolute atomic E-state index is 0. The Kier molecular flexibility index (Phi) is 22.1. The Morgan fingerprint density at radius 3 is 1.35 bits per heavy atom. The number of hydroxylamine groups is 1. The van der Waals surface area contributed by atoms with Crippen molar-refractivity contribution in [2.45, 2.75) is 78.0 Å². The van der Waals surface area contributed by atoms with Gasteiger partial charge in [0.1, 0.15) is 0 Å². The van der Waals surface area contributed by atoms with Gasteiger partial charge in [0.2, 0.25) is 0 Å². The fourth-order valence-electron chi connectivity index (χ4n) is 1.20. The Hall–Kier alpha value is 0.554. The zero-order chi connectivity index (χ0) is 13.0. The molecule has 0 saturated heterocycles. The maximum absolute atomic E-state index is 8.32. The van der Waals surface area contributed by atoms with Gasteiger partial charge in [-0.05, 0) is 27.7 Å². The molecular formula is C12H28NO3Ti-. The van der Waals surface area contributed by atoms with E-state index in [1.807, 2.05) is 0 Å². The van der Waals surface area contributed by atoms with Gasteiger partial charge >= 0.3 is 0 Å². The van der Waals surface area contributed by atoms with Gasteiger partial charge in [0.15, 0.2) is 0 Å². The third-order valence-electron chi connectivity index (χ3n) is 1.74. The normalized spacial score (nSPS) is 15.4. The quantitative estimate of drug-likeness (QED) is 0.511. The van der Waals surface area contributed by atoms with Crippen LogP contribution in [0.3, 0.4) is 0 Å². The molecule has 17 heavy (non-hydrogen) atoms. The van der Waals surface area contributed by atoms with Crippen LogP contribution >= 0.6 is 0 Å². The van der Waals surface area contributed by atoms with Crippen molar-refractivity contribution in [3.8, 4) is 0 Å². The second kappa shape index (κ2) is 16.6. The fourth-order valence-corrected chi connectivity index (χ4v) is 1.20. The summed E-state index contributed by atoms with van der Waals surface area (Å²) in [4.78, 5) is 0. The van der Waals surface area contributed by atoms with E-state index >= 15 is 0 Å². The molecule has 0 heterocycles. The number of hydrogen-bond donors (Lipinski definition) is 3. The Morgan fingerprint density at radius 1 is 0.882 bits per heavy atom. The molecule has 0 aromatic heterocycles. The molecule has 0 spiro atoms. The molecule has 4 nitrogen and oxygen atoms in total. The van der Waals surface area contributed by atoms with E-state index in [2.05, 4.69) is 5.48 Å². The summed E-state index contributed by atoms with van der Waals surface area (Å²) in [6, 6.07) is 0.267. The van der Waals surface area contributed by atoms with Crippen molar-refractivity contribution in [2.24, 2.45) is 0 Å². The topological polar surface area (TPSA) is 74.8 Å². The van der Waals surface area contributed by atoms with Crippen LogP contribution in [0.4, 0.5) is 0 Å². The molecule has 1 aliphatic rings. The van der Waals surface area contributed by atoms with Gasteiger partial charge in [0, 0.05) is 33.9 Å². The summed E-state index contributed by atoms with van der Waals surface area (Å²) >= 11 is 0. The van der Waals surface area contributed by atoms with Crippen LogP contribution in [0.1, 0.15) is 59.8 Å². The zero-order valence-corrected chi connectivity index (χ0v) is 13.1. The van der Waals surface area contributed by atoms with Crippen molar-refractivity contribution in [1.29, 1.82) is 0 Å². The van der Waals surface area contributed by atoms with Crippen LogP contribution in [0, 0.1) is 0 Å². The molecule has 1 saturated carbocycles. The molecule has 1 aliphatic carbocycles. The summed E-state index contributed by atoms with van der Waals surface area (Å²) in [5, 5.41) is 24.4. The molecule has 0 aliphatic heterocycles. The van der Waals surface area contributed by atoms with Crippen LogP contribution in [0.5, 0.6) is 0 Å². The summed E-state index contributed by atoms with van der Waals surface area (Å²) in [5.41, 5.74) is 3.25.